The van der Waals surface area contributed by atoms with E-state index in [0.29, 0.717) is 13.0 Å². The molecule has 0 aromatic heterocycles. The van der Waals surface area contributed by atoms with Crippen LogP contribution < -0.4 is 11.1 Å². The smallest absolute Gasteiger partial charge is 0.328 e. The molecule has 0 aliphatic carbocycles. The third-order valence-electron chi connectivity index (χ3n) is 3.83. The van der Waals surface area contributed by atoms with Gasteiger partial charge in [0.05, 0.1) is 13.2 Å². The molecule has 0 fully saturated rings. The highest BCUT2D eigenvalue weighted by Crippen LogP contribution is 2.07. The van der Waals surface area contributed by atoms with Crippen LogP contribution in [0.15, 0.2) is 30.3 Å². The molecular weight excluding hydrogens is 304 g/mol. The summed E-state index contributed by atoms with van der Waals surface area (Å²) < 4.78 is 5.33. The van der Waals surface area contributed by atoms with Gasteiger partial charge in [0.2, 0.25) is 5.91 Å². The lowest BCUT2D eigenvalue weighted by Gasteiger charge is -2.17. The molecule has 0 radical (unpaired) electrons. The molecule has 24 heavy (non-hydrogen) atoms. The number of hydrogen-bond donors (Lipinski definition) is 2. The van der Waals surface area contributed by atoms with Gasteiger partial charge in [0.1, 0.15) is 6.04 Å². The van der Waals surface area contributed by atoms with Crippen LogP contribution in [-0.4, -0.2) is 31.1 Å². The third kappa shape index (κ3) is 8.67. The SMILES string of the molecule is CCCCCCCCOC(=O)[C@H](Cc1ccccc1)NC(=O)CN. The molecular formula is C19H30N2O3. The topological polar surface area (TPSA) is 81.4 Å². The van der Waals surface area contributed by atoms with Crippen molar-refractivity contribution in [3.63, 3.8) is 0 Å². The maximum Gasteiger partial charge on any atom is 0.328 e. The van der Waals surface area contributed by atoms with Gasteiger partial charge in [-0.15, -0.1) is 0 Å². The molecule has 0 aliphatic rings. The van der Waals surface area contributed by atoms with Crippen LogP contribution >= 0.6 is 0 Å². The summed E-state index contributed by atoms with van der Waals surface area (Å²) in [4.78, 5) is 23.8. The molecule has 0 aliphatic heterocycles. The van der Waals surface area contributed by atoms with Gasteiger partial charge in [-0.05, 0) is 12.0 Å². The Labute approximate surface area is 145 Å². The number of benzene rings is 1. The number of esters is 1. The second kappa shape index (κ2) is 12.5. The van der Waals surface area contributed by atoms with Crippen molar-refractivity contribution in [2.24, 2.45) is 5.73 Å². The predicted octanol–water partition coefficient (Wildman–Crippen LogP) is 2.58. The van der Waals surface area contributed by atoms with Gasteiger partial charge >= 0.3 is 5.97 Å². The van der Waals surface area contributed by atoms with E-state index in [2.05, 4.69) is 12.2 Å². The van der Waals surface area contributed by atoms with Crippen molar-refractivity contribution in [2.45, 2.75) is 57.9 Å². The van der Waals surface area contributed by atoms with Crippen LogP contribution in [0.5, 0.6) is 0 Å². The maximum atomic E-state index is 12.3. The Morgan fingerprint density at radius 1 is 1.08 bits per heavy atom. The van der Waals surface area contributed by atoms with Crippen molar-refractivity contribution in [1.82, 2.24) is 5.32 Å². The molecule has 0 heterocycles. The first kappa shape index (κ1) is 20.2. The molecule has 5 nitrogen and oxygen atoms in total. The Bertz CT molecular complexity index is 477. The Balaban J connectivity index is 2.41. The quantitative estimate of drug-likeness (QED) is 0.455. The predicted molar refractivity (Wildman–Crippen MR) is 95.5 cm³/mol. The number of nitrogens with two attached hydrogens (primary N) is 1. The Morgan fingerprint density at radius 3 is 2.42 bits per heavy atom. The zero-order valence-electron chi connectivity index (χ0n) is 14.6. The summed E-state index contributed by atoms with van der Waals surface area (Å²) in [6, 6.07) is 8.86. The molecule has 3 N–H and O–H groups in total. The van der Waals surface area contributed by atoms with Gasteiger partial charge in [-0.1, -0.05) is 69.4 Å². The van der Waals surface area contributed by atoms with Crippen molar-refractivity contribution in [3.05, 3.63) is 35.9 Å². The summed E-state index contributed by atoms with van der Waals surface area (Å²) in [6.07, 6.45) is 7.20. The first-order chi connectivity index (χ1) is 11.7. The molecule has 0 unspecified atom stereocenters. The lowest BCUT2D eigenvalue weighted by molar-refractivity contribution is -0.147. The second-order valence-electron chi connectivity index (χ2n) is 5.95. The van der Waals surface area contributed by atoms with Gasteiger partial charge in [-0.2, -0.15) is 0 Å². The average molecular weight is 334 g/mol. The van der Waals surface area contributed by atoms with Crippen molar-refractivity contribution in [2.75, 3.05) is 13.2 Å². The molecule has 0 bridgehead atoms. The number of unbranched alkanes of at least 4 members (excludes halogenated alkanes) is 5. The van der Waals surface area contributed by atoms with E-state index in [1.54, 1.807) is 0 Å². The van der Waals surface area contributed by atoms with Crippen LogP contribution in [0.3, 0.4) is 0 Å². The first-order valence-corrected chi connectivity index (χ1v) is 8.87. The van der Waals surface area contributed by atoms with E-state index in [9.17, 15) is 9.59 Å². The van der Waals surface area contributed by atoms with Gasteiger partial charge in [-0.25, -0.2) is 4.79 Å². The number of nitrogens with one attached hydrogen (secondary N) is 1. The van der Waals surface area contributed by atoms with Crippen molar-refractivity contribution in [3.8, 4) is 0 Å². The standard InChI is InChI=1S/C19H30N2O3/c1-2-3-4-5-6-10-13-24-19(23)17(21-18(22)15-20)14-16-11-8-7-9-12-16/h7-9,11-12,17H,2-6,10,13-15,20H2,1H3,(H,21,22)/t17-/m0/s1. The fourth-order valence-corrected chi connectivity index (χ4v) is 2.45. The molecule has 1 atom stereocenters. The number of ether oxygens (including phenoxy) is 1. The van der Waals surface area contributed by atoms with Gasteiger partial charge in [0, 0.05) is 6.42 Å². The van der Waals surface area contributed by atoms with Crippen molar-refractivity contribution >= 4 is 11.9 Å². The fourth-order valence-electron chi connectivity index (χ4n) is 2.45. The minimum Gasteiger partial charge on any atom is -0.464 e. The number of carbonyl (C=O) groups excluding carboxylic acids is 2. The second-order valence-corrected chi connectivity index (χ2v) is 5.95. The summed E-state index contributed by atoms with van der Waals surface area (Å²) in [6.45, 7) is 2.44. The molecule has 0 saturated heterocycles. The molecule has 1 amide bonds. The summed E-state index contributed by atoms with van der Waals surface area (Å²) in [5.41, 5.74) is 6.30. The lowest BCUT2D eigenvalue weighted by atomic mass is 10.1. The first-order valence-electron chi connectivity index (χ1n) is 8.87. The van der Waals surface area contributed by atoms with E-state index in [1.807, 2.05) is 30.3 Å². The Morgan fingerprint density at radius 2 is 1.75 bits per heavy atom. The average Bonchev–Trinajstić information content (AvgIpc) is 2.61. The van der Waals surface area contributed by atoms with E-state index in [0.717, 1.165) is 18.4 Å². The molecule has 1 rings (SSSR count). The van der Waals surface area contributed by atoms with Gasteiger partial charge in [0.25, 0.3) is 0 Å². The van der Waals surface area contributed by atoms with Crippen molar-refractivity contribution in [1.29, 1.82) is 0 Å². The Kier molecular flexibility index (Phi) is 10.5. The zero-order valence-corrected chi connectivity index (χ0v) is 14.6. The normalized spacial score (nSPS) is 11.8. The maximum absolute atomic E-state index is 12.3. The fraction of sp³-hybridized carbons (Fsp3) is 0.579. The summed E-state index contributed by atoms with van der Waals surface area (Å²) >= 11 is 0. The summed E-state index contributed by atoms with van der Waals surface area (Å²) in [7, 11) is 0. The van der Waals surface area contributed by atoms with Crippen LogP contribution in [0.25, 0.3) is 0 Å². The van der Waals surface area contributed by atoms with Gasteiger partial charge in [0.15, 0.2) is 0 Å². The highest BCUT2D eigenvalue weighted by Gasteiger charge is 2.22. The van der Waals surface area contributed by atoms with Crippen molar-refractivity contribution < 1.29 is 14.3 Å². The minimum absolute atomic E-state index is 0.143. The van der Waals surface area contributed by atoms with E-state index in [1.165, 1.54) is 25.7 Å². The van der Waals surface area contributed by atoms with E-state index < -0.39 is 12.0 Å². The third-order valence-corrected chi connectivity index (χ3v) is 3.83. The number of hydrogen-bond acceptors (Lipinski definition) is 4. The van der Waals surface area contributed by atoms with Crippen LogP contribution in [0.1, 0.15) is 51.0 Å². The van der Waals surface area contributed by atoms with Crippen LogP contribution in [0.2, 0.25) is 0 Å². The van der Waals surface area contributed by atoms with Crippen LogP contribution in [0, 0.1) is 0 Å². The molecule has 5 heteroatoms. The highest BCUT2D eigenvalue weighted by molar-refractivity contribution is 5.85. The monoisotopic (exact) mass is 334 g/mol. The zero-order chi connectivity index (χ0) is 17.6. The molecule has 1 aromatic rings. The molecule has 1 aromatic carbocycles. The van der Waals surface area contributed by atoms with Gasteiger partial charge < -0.3 is 15.8 Å². The Hall–Kier alpha value is -1.88. The van der Waals surface area contributed by atoms with Gasteiger partial charge in [-0.3, -0.25) is 4.79 Å². The largest absolute Gasteiger partial charge is 0.464 e. The lowest BCUT2D eigenvalue weighted by Crippen LogP contribution is -2.45. The van der Waals surface area contributed by atoms with Crippen LogP contribution in [0.4, 0.5) is 0 Å². The minimum atomic E-state index is -0.691. The summed E-state index contributed by atoms with van der Waals surface area (Å²) in [5.74, 6) is -0.748. The number of rotatable bonds is 12. The molecule has 0 saturated carbocycles. The number of carbonyl (C=O) groups is 2. The van der Waals surface area contributed by atoms with E-state index >= 15 is 0 Å². The van der Waals surface area contributed by atoms with E-state index in [4.69, 9.17) is 10.5 Å². The van der Waals surface area contributed by atoms with E-state index in [-0.39, 0.29) is 12.5 Å². The summed E-state index contributed by atoms with van der Waals surface area (Å²) in [5, 5.41) is 2.65. The molecule has 134 valence electrons. The molecule has 0 spiro atoms. The van der Waals surface area contributed by atoms with Crippen LogP contribution in [-0.2, 0) is 20.7 Å². The highest BCUT2D eigenvalue weighted by atomic mass is 16.5. The number of amides is 1.